The van der Waals surface area contributed by atoms with E-state index in [1.807, 2.05) is 0 Å². The smallest absolute Gasteiger partial charge is 0.381 e. The van der Waals surface area contributed by atoms with Crippen molar-refractivity contribution in [3.63, 3.8) is 0 Å². The van der Waals surface area contributed by atoms with E-state index in [0.717, 1.165) is 25.3 Å². The molecule has 0 N–H and O–H groups in total. The Morgan fingerprint density at radius 3 is 1.90 bits per heavy atom. The molecule has 4 nitrogen and oxygen atoms in total. The molecular weight excluding hydrogens is 287 g/mol. The lowest BCUT2D eigenvalue weighted by molar-refractivity contribution is -0.129. The first-order valence-corrected chi connectivity index (χ1v) is 9.81. The number of carbonyl (C=O) groups excluding carboxylic acids is 1. The van der Waals surface area contributed by atoms with Crippen LogP contribution < -0.4 is 0 Å². The van der Waals surface area contributed by atoms with E-state index in [1.165, 1.54) is 52.1 Å². The molecule has 5 heteroatoms. The number of hydrogen-bond acceptors (Lipinski definition) is 4. The largest absolute Gasteiger partial charge is 0.388 e. The molecule has 0 fully saturated rings. The Morgan fingerprint density at radius 2 is 1.48 bits per heavy atom. The van der Waals surface area contributed by atoms with Gasteiger partial charge in [-0.2, -0.15) is 0 Å². The summed E-state index contributed by atoms with van der Waals surface area (Å²) in [6, 6.07) is 0. The summed E-state index contributed by atoms with van der Waals surface area (Å²) < 4.78 is 21.7. The van der Waals surface area contributed by atoms with Gasteiger partial charge in [0.25, 0.3) is 0 Å². The van der Waals surface area contributed by atoms with Crippen LogP contribution in [0.2, 0.25) is 0 Å². The van der Waals surface area contributed by atoms with Crippen LogP contribution in [0.3, 0.4) is 0 Å². The van der Waals surface area contributed by atoms with E-state index in [0.29, 0.717) is 6.16 Å². The van der Waals surface area contributed by atoms with Crippen molar-refractivity contribution in [2.45, 2.75) is 71.1 Å². The van der Waals surface area contributed by atoms with Gasteiger partial charge in [-0.3, -0.25) is 0 Å². The van der Waals surface area contributed by atoms with Gasteiger partial charge in [0.1, 0.15) is 0 Å². The number of hydrogen-bond donors (Lipinski definition) is 0. The maximum atomic E-state index is 12.1. The topological polar surface area (TPSA) is 52.6 Å². The standard InChI is InChI=1S/C16H31O4P/c1-4-6-7-8-9-10-11-12-13-14-15-21(18,19-3)20-16(17)5-2/h5H,2,4,6-15H2,1,3H3. The Hall–Kier alpha value is -0.600. The zero-order chi connectivity index (χ0) is 16.0. The van der Waals surface area contributed by atoms with E-state index in [4.69, 9.17) is 9.05 Å². The van der Waals surface area contributed by atoms with Gasteiger partial charge in [0.15, 0.2) is 0 Å². The molecule has 0 aliphatic carbocycles. The van der Waals surface area contributed by atoms with Crippen LogP contribution in [0.1, 0.15) is 71.1 Å². The fourth-order valence-corrected chi connectivity index (χ4v) is 3.45. The third kappa shape index (κ3) is 11.7. The monoisotopic (exact) mass is 318 g/mol. The van der Waals surface area contributed by atoms with Crippen molar-refractivity contribution in [1.29, 1.82) is 0 Å². The summed E-state index contributed by atoms with van der Waals surface area (Å²) in [5, 5.41) is 0. The summed E-state index contributed by atoms with van der Waals surface area (Å²) in [4.78, 5) is 11.1. The first kappa shape index (κ1) is 20.4. The van der Waals surface area contributed by atoms with Crippen molar-refractivity contribution in [2.75, 3.05) is 13.3 Å². The van der Waals surface area contributed by atoms with Crippen LogP contribution in [-0.2, 0) is 18.4 Å². The van der Waals surface area contributed by atoms with E-state index in [2.05, 4.69) is 13.5 Å². The van der Waals surface area contributed by atoms with Crippen molar-refractivity contribution in [3.8, 4) is 0 Å². The lowest BCUT2D eigenvalue weighted by atomic mass is 10.1. The number of rotatable bonds is 14. The van der Waals surface area contributed by atoms with E-state index in [-0.39, 0.29) is 0 Å². The molecule has 0 bridgehead atoms. The van der Waals surface area contributed by atoms with E-state index in [1.54, 1.807) is 0 Å². The average Bonchev–Trinajstić information content (AvgIpc) is 2.49. The highest BCUT2D eigenvalue weighted by Crippen LogP contribution is 2.48. The third-order valence-electron chi connectivity index (χ3n) is 3.46. The highest BCUT2D eigenvalue weighted by atomic mass is 31.2. The van der Waals surface area contributed by atoms with Gasteiger partial charge in [-0.05, 0) is 6.42 Å². The molecule has 0 amide bonds. The maximum Gasteiger partial charge on any atom is 0.381 e. The van der Waals surface area contributed by atoms with Gasteiger partial charge in [0.05, 0.1) is 6.16 Å². The Bertz CT molecular complexity index is 328. The average molecular weight is 318 g/mol. The number of carbonyl (C=O) groups is 1. The van der Waals surface area contributed by atoms with Crippen molar-refractivity contribution in [2.24, 2.45) is 0 Å². The van der Waals surface area contributed by atoms with E-state index in [9.17, 15) is 9.36 Å². The molecule has 1 atom stereocenters. The lowest BCUT2D eigenvalue weighted by Gasteiger charge is -2.14. The zero-order valence-corrected chi connectivity index (χ0v) is 14.5. The molecule has 0 aliphatic heterocycles. The Labute approximate surface area is 129 Å². The van der Waals surface area contributed by atoms with Gasteiger partial charge < -0.3 is 9.05 Å². The second-order valence-corrected chi connectivity index (χ2v) is 7.53. The fourth-order valence-electron chi connectivity index (χ4n) is 2.14. The molecule has 1 unspecified atom stereocenters. The van der Waals surface area contributed by atoms with Gasteiger partial charge in [0, 0.05) is 13.2 Å². The molecule has 0 heterocycles. The first-order valence-electron chi connectivity index (χ1n) is 8.08. The molecule has 0 aromatic heterocycles. The molecule has 0 saturated heterocycles. The molecule has 0 aromatic carbocycles. The van der Waals surface area contributed by atoms with Crippen LogP contribution in [0.15, 0.2) is 12.7 Å². The second-order valence-electron chi connectivity index (χ2n) is 5.31. The summed E-state index contributed by atoms with van der Waals surface area (Å²) in [5.74, 6) is -0.688. The molecule has 21 heavy (non-hydrogen) atoms. The van der Waals surface area contributed by atoms with Gasteiger partial charge in [0.2, 0.25) is 0 Å². The quantitative estimate of drug-likeness (QED) is 0.242. The Kier molecular flexibility index (Phi) is 12.7. The fraction of sp³-hybridized carbons (Fsp3) is 0.812. The molecule has 124 valence electrons. The van der Waals surface area contributed by atoms with E-state index < -0.39 is 13.6 Å². The van der Waals surface area contributed by atoms with E-state index >= 15 is 0 Å². The Morgan fingerprint density at radius 1 is 1.00 bits per heavy atom. The van der Waals surface area contributed by atoms with Gasteiger partial charge in [-0.15, -0.1) is 0 Å². The maximum absolute atomic E-state index is 12.1. The van der Waals surface area contributed by atoms with Crippen LogP contribution in [0.25, 0.3) is 0 Å². The van der Waals surface area contributed by atoms with Gasteiger partial charge >= 0.3 is 13.6 Å². The van der Waals surface area contributed by atoms with Crippen LogP contribution in [0.4, 0.5) is 0 Å². The molecule has 0 saturated carbocycles. The van der Waals surface area contributed by atoms with Crippen LogP contribution in [-0.4, -0.2) is 19.2 Å². The predicted octanol–water partition coefficient (Wildman–Crippen LogP) is 5.48. The summed E-state index contributed by atoms with van der Waals surface area (Å²) in [6.07, 6.45) is 13.3. The normalized spacial score (nSPS) is 13.6. The van der Waals surface area contributed by atoms with Crippen molar-refractivity contribution in [3.05, 3.63) is 12.7 Å². The van der Waals surface area contributed by atoms with Crippen molar-refractivity contribution in [1.82, 2.24) is 0 Å². The Balaban J connectivity index is 3.57. The molecule has 0 aliphatic rings. The minimum Gasteiger partial charge on any atom is -0.388 e. The predicted molar refractivity (Wildman–Crippen MR) is 87.6 cm³/mol. The van der Waals surface area contributed by atoms with Gasteiger partial charge in [-0.25, -0.2) is 9.36 Å². The zero-order valence-electron chi connectivity index (χ0n) is 13.6. The number of unbranched alkanes of at least 4 members (excludes halogenated alkanes) is 9. The summed E-state index contributed by atoms with van der Waals surface area (Å²) in [6.45, 7) is 5.51. The van der Waals surface area contributed by atoms with Crippen LogP contribution in [0.5, 0.6) is 0 Å². The second kappa shape index (κ2) is 13.1. The van der Waals surface area contributed by atoms with Crippen LogP contribution in [0, 0.1) is 0 Å². The summed E-state index contributed by atoms with van der Waals surface area (Å²) in [7, 11) is -1.95. The highest BCUT2D eigenvalue weighted by Gasteiger charge is 2.25. The molecule has 0 aromatic rings. The summed E-state index contributed by atoms with van der Waals surface area (Å²) in [5.41, 5.74) is 0. The summed E-state index contributed by atoms with van der Waals surface area (Å²) >= 11 is 0. The SMILES string of the molecule is C=CC(=O)OP(=O)(CCCCCCCCCCCC)OC. The van der Waals surface area contributed by atoms with Crippen LogP contribution >= 0.6 is 7.60 Å². The lowest BCUT2D eigenvalue weighted by Crippen LogP contribution is -2.03. The molecular formula is C16H31O4P. The first-order chi connectivity index (χ1) is 10.1. The van der Waals surface area contributed by atoms with Crippen molar-refractivity contribution < 1.29 is 18.4 Å². The molecule has 0 radical (unpaired) electrons. The van der Waals surface area contributed by atoms with Gasteiger partial charge in [-0.1, -0.05) is 71.3 Å². The minimum absolute atomic E-state index is 0.291. The molecule has 0 rings (SSSR count). The molecule has 0 spiro atoms. The minimum atomic E-state index is -3.27. The third-order valence-corrected chi connectivity index (χ3v) is 5.34. The van der Waals surface area contributed by atoms with Crippen molar-refractivity contribution >= 4 is 13.6 Å². The highest BCUT2D eigenvalue weighted by molar-refractivity contribution is 7.54.